The first-order valence-corrected chi connectivity index (χ1v) is 7.51. The topological polar surface area (TPSA) is 49.3 Å². The van der Waals surface area contributed by atoms with Crippen LogP contribution >= 0.6 is 11.8 Å². The molecule has 1 amide bonds. The predicted octanol–water partition coefficient (Wildman–Crippen LogP) is 3.07. The zero-order valence-corrected chi connectivity index (χ0v) is 12.4. The quantitative estimate of drug-likeness (QED) is 0.759. The normalized spacial score (nSPS) is 13.0. The van der Waals surface area contributed by atoms with Gasteiger partial charge in [-0.25, -0.2) is 0 Å². The van der Waals surface area contributed by atoms with Crippen molar-refractivity contribution in [1.29, 1.82) is 0 Å². The van der Waals surface area contributed by atoms with Crippen LogP contribution in [0, 0.1) is 0 Å². The molecule has 0 saturated carbocycles. The first kappa shape index (κ1) is 17.8. The highest BCUT2D eigenvalue weighted by Crippen LogP contribution is 2.31. The largest absolute Gasteiger partial charge is 0.416 e. The third kappa shape index (κ3) is 6.86. The van der Waals surface area contributed by atoms with E-state index in [0.717, 1.165) is 23.9 Å². The molecule has 118 valence electrons. The lowest BCUT2D eigenvalue weighted by atomic mass is 10.2. The number of hydrogen-bond donors (Lipinski definition) is 2. The maximum Gasteiger partial charge on any atom is 0.416 e. The average molecular weight is 321 g/mol. The lowest BCUT2D eigenvalue weighted by molar-refractivity contribution is -0.137. The van der Waals surface area contributed by atoms with Gasteiger partial charge >= 0.3 is 6.18 Å². The van der Waals surface area contributed by atoms with E-state index in [9.17, 15) is 18.0 Å². The highest BCUT2D eigenvalue weighted by atomic mass is 32.2. The number of nitrogens with one attached hydrogen (secondary N) is 1. The molecule has 0 aromatic heterocycles. The SMILES string of the molecule is CC(CCCO)NC(=O)CSc1cccc(C(F)(F)F)c1. The second-order valence-electron chi connectivity index (χ2n) is 4.65. The molecule has 1 atom stereocenters. The van der Waals surface area contributed by atoms with Gasteiger partial charge in [0.15, 0.2) is 0 Å². The van der Waals surface area contributed by atoms with Gasteiger partial charge in [-0.1, -0.05) is 6.07 Å². The van der Waals surface area contributed by atoms with Crippen molar-refractivity contribution in [3.05, 3.63) is 29.8 Å². The van der Waals surface area contributed by atoms with Gasteiger partial charge in [0.1, 0.15) is 0 Å². The Bertz CT molecular complexity index is 466. The minimum Gasteiger partial charge on any atom is -0.396 e. The van der Waals surface area contributed by atoms with E-state index in [0.29, 0.717) is 17.7 Å². The van der Waals surface area contributed by atoms with E-state index < -0.39 is 11.7 Å². The van der Waals surface area contributed by atoms with Crippen LogP contribution in [0.15, 0.2) is 29.2 Å². The number of carbonyl (C=O) groups is 1. The standard InChI is InChI=1S/C14H18F3NO2S/c1-10(4-3-7-19)18-13(20)9-21-12-6-2-5-11(8-12)14(15,16)17/h2,5-6,8,10,19H,3-4,7,9H2,1H3,(H,18,20). The monoisotopic (exact) mass is 321 g/mol. The Kier molecular flexibility index (Phi) is 7.04. The molecule has 1 aromatic rings. The van der Waals surface area contributed by atoms with Crippen molar-refractivity contribution in [1.82, 2.24) is 5.32 Å². The predicted molar refractivity (Wildman–Crippen MR) is 76.1 cm³/mol. The summed E-state index contributed by atoms with van der Waals surface area (Å²) in [5.41, 5.74) is -0.718. The van der Waals surface area contributed by atoms with E-state index in [1.54, 1.807) is 6.07 Å². The summed E-state index contributed by atoms with van der Waals surface area (Å²) in [6.45, 7) is 1.89. The molecule has 1 rings (SSSR count). The molecular formula is C14H18F3NO2S. The minimum atomic E-state index is -4.38. The number of rotatable bonds is 7. The molecular weight excluding hydrogens is 303 g/mol. The number of hydrogen-bond acceptors (Lipinski definition) is 3. The molecule has 0 fully saturated rings. The number of halogens is 3. The van der Waals surface area contributed by atoms with Gasteiger partial charge in [-0.3, -0.25) is 4.79 Å². The Hall–Kier alpha value is -1.21. The fourth-order valence-corrected chi connectivity index (χ4v) is 2.46. The van der Waals surface area contributed by atoms with Crippen LogP contribution in [-0.4, -0.2) is 29.4 Å². The number of carbonyl (C=O) groups excluding carboxylic acids is 1. The second-order valence-corrected chi connectivity index (χ2v) is 5.70. The van der Waals surface area contributed by atoms with E-state index >= 15 is 0 Å². The van der Waals surface area contributed by atoms with Crippen molar-refractivity contribution in [2.75, 3.05) is 12.4 Å². The van der Waals surface area contributed by atoms with Crippen LogP contribution < -0.4 is 5.32 Å². The summed E-state index contributed by atoms with van der Waals surface area (Å²) in [5, 5.41) is 11.4. The van der Waals surface area contributed by atoms with Gasteiger partial charge in [-0.05, 0) is 38.0 Å². The van der Waals surface area contributed by atoms with Crippen LogP contribution in [-0.2, 0) is 11.0 Å². The van der Waals surface area contributed by atoms with Crippen molar-refractivity contribution < 1.29 is 23.1 Å². The van der Waals surface area contributed by atoms with Crippen LogP contribution in [0.1, 0.15) is 25.3 Å². The smallest absolute Gasteiger partial charge is 0.396 e. The first-order chi connectivity index (χ1) is 9.82. The fourth-order valence-electron chi connectivity index (χ4n) is 1.70. The third-order valence-corrected chi connectivity index (χ3v) is 3.73. The molecule has 0 radical (unpaired) electrons. The van der Waals surface area contributed by atoms with Gasteiger partial charge in [0, 0.05) is 17.5 Å². The Morgan fingerprint density at radius 3 is 2.76 bits per heavy atom. The van der Waals surface area contributed by atoms with Crippen molar-refractivity contribution in [2.45, 2.75) is 36.9 Å². The van der Waals surface area contributed by atoms with Gasteiger partial charge in [-0.15, -0.1) is 11.8 Å². The van der Waals surface area contributed by atoms with Gasteiger partial charge < -0.3 is 10.4 Å². The number of aliphatic hydroxyl groups is 1. The molecule has 21 heavy (non-hydrogen) atoms. The zero-order valence-electron chi connectivity index (χ0n) is 11.6. The summed E-state index contributed by atoms with van der Waals surface area (Å²) >= 11 is 1.06. The van der Waals surface area contributed by atoms with E-state index in [2.05, 4.69) is 5.32 Å². The van der Waals surface area contributed by atoms with E-state index in [4.69, 9.17) is 5.11 Å². The van der Waals surface area contributed by atoms with Gasteiger partial charge in [0.05, 0.1) is 11.3 Å². The maximum atomic E-state index is 12.5. The molecule has 2 N–H and O–H groups in total. The van der Waals surface area contributed by atoms with Gasteiger partial charge in [0.2, 0.25) is 5.91 Å². The lowest BCUT2D eigenvalue weighted by Gasteiger charge is -2.13. The zero-order chi connectivity index (χ0) is 15.9. The number of alkyl halides is 3. The number of benzene rings is 1. The Labute approximate surface area is 125 Å². The maximum absolute atomic E-state index is 12.5. The molecule has 0 saturated heterocycles. The van der Waals surface area contributed by atoms with Crippen molar-refractivity contribution in [3.63, 3.8) is 0 Å². The Morgan fingerprint density at radius 2 is 2.14 bits per heavy atom. The highest BCUT2D eigenvalue weighted by molar-refractivity contribution is 8.00. The van der Waals surface area contributed by atoms with E-state index in [-0.39, 0.29) is 24.3 Å². The first-order valence-electron chi connectivity index (χ1n) is 6.53. The highest BCUT2D eigenvalue weighted by Gasteiger charge is 2.30. The summed E-state index contributed by atoms with van der Waals surface area (Å²) in [6, 6.07) is 4.84. The van der Waals surface area contributed by atoms with Crippen molar-refractivity contribution in [3.8, 4) is 0 Å². The molecule has 0 bridgehead atoms. The van der Waals surface area contributed by atoms with E-state index in [1.807, 2.05) is 6.92 Å². The Balaban J connectivity index is 2.46. The summed E-state index contributed by atoms with van der Waals surface area (Å²) < 4.78 is 37.6. The van der Waals surface area contributed by atoms with Crippen LogP contribution in [0.4, 0.5) is 13.2 Å². The summed E-state index contributed by atoms with van der Waals surface area (Å²) in [6.07, 6.45) is -3.11. The second kappa shape index (κ2) is 8.29. The molecule has 0 aliphatic rings. The molecule has 7 heteroatoms. The number of thioether (sulfide) groups is 1. The molecule has 0 aliphatic carbocycles. The van der Waals surface area contributed by atoms with Crippen LogP contribution in [0.3, 0.4) is 0 Å². The minimum absolute atomic E-state index is 0.0603. The molecule has 0 spiro atoms. The number of aliphatic hydroxyl groups excluding tert-OH is 1. The van der Waals surface area contributed by atoms with E-state index in [1.165, 1.54) is 6.07 Å². The van der Waals surface area contributed by atoms with Crippen LogP contribution in [0.2, 0.25) is 0 Å². The van der Waals surface area contributed by atoms with Gasteiger partial charge in [0.25, 0.3) is 0 Å². The van der Waals surface area contributed by atoms with Crippen LogP contribution in [0.5, 0.6) is 0 Å². The summed E-state index contributed by atoms with van der Waals surface area (Å²) in [7, 11) is 0. The average Bonchev–Trinajstić information content (AvgIpc) is 2.42. The van der Waals surface area contributed by atoms with Crippen molar-refractivity contribution in [2.24, 2.45) is 0 Å². The molecule has 1 unspecified atom stereocenters. The molecule has 0 heterocycles. The molecule has 0 aliphatic heterocycles. The van der Waals surface area contributed by atoms with Crippen molar-refractivity contribution >= 4 is 17.7 Å². The van der Waals surface area contributed by atoms with Gasteiger partial charge in [-0.2, -0.15) is 13.2 Å². The summed E-state index contributed by atoms with van der Waals surface area (Å²) in [5.74, 6) is -0.173. The van der Waals surface area contributed by atoms with Crippen LogP contribution in [0.25, 0.3) is 0 Å². The lowest BCUT2D eigenvalue weighted by Crippen LogP contribution is -2.33. The summed E-state index contributed by atoms with van der Waals surface area (Å²) in [4.78, 5) is 12.1. The fraction of sp³-hybridized carbons (Fsp3) is 0.500. The number of amides is 1. The Morgan fingerprint density at radius 1 is 1.43 bits per heavy atom. The molecule has 3 nitrogen and oxygen atoms in total. The third-order valence-electron chi connectivity index (χ3n) is 2.73. The molecule has 1 aromatic carbocycles.